The van der Waals surface area contributed by atoms with Crippen LogP contribution in [-0.2, 0) is 16.2 Å². The number of hydrogen-bond acceptors (Lipinski definition) is 2. The zero-order chi connectivity index (χ0) is 24.3. The van der Waals surface area contributed by atoms with E-state index in [2.05, 4.69) is 77.3 Å². The molecule has 174 valence electrons. The third-order valence-electron chi connectivity index (χ3n) is 9.33. The molecule has 7 rings (SSSR count). The predicted molar refractivity (Wildman–Crippen MR) is 148 cm³/mol. The summed E-state index contributed by atoms with van der Waals surface area (Å²) in [4.78, 5) is 9.93. The van der Waals surface area contributed by atoms with Gasteiger partial charge in [0.25, 0.3) is 0 Å². The monoisotopic (exact) mass is 456 g/mol. The molecule has 0 fully saturated rings. The van der Waals surface area contributed by atoms with Gasteiger partial charge in [-0.1, -0.05) is 65.8 Å². The molecular formula is C33H32N2. The molecule has 0 aliphatic heterocycles. The summed E-state index contributed by atoms with van der Waals surface area (Å²) >= 11 is 0. The van der Waals surface area contributed by atoms with Gasteiger partial charge < -0.3 is 0 Å². The fraction of sp³-hybridized carbons (Fsp3) is 0.364. The van der Waals surface area contributed by atoms with Gasteiger partial charge in [-0.05, 0) is 80.5 Å². The second-order valence-corrected chi connectivity index (χ2v) is 12.6. The van der Waals surface area contributed by atoms with Gasteiger partial charge >= 0.3 is 0 Å². The Morgan fingerprint density at radius 3 is 2.20 bits per heavy atom. The van der Waals surface area contributed by atoms with E-state index < -0.39 is 0 Å². The molecule has 2 aliphatic rings. The van der Waals surface area contributed by atoms with Crippen LogP contribution >= 0.6 is 0 Å². The standard InChI is InChI=1S/C33H32N2/c1-7-19-25-23-13-17-35-29(25)30-27-21(12-16-34-30)20-10-8-11-22-24(20)28(26(19)27)33(6,18-32(22,4)5)15-9-14-31(23,2)3/h8,10-13,16-17H,1,9,14-15,18H2,2-6H3. The minimum atomic E-state index is 0.0284. The Labute approximate surface area is 206 Å². The minimum Gasteiger partial charge on any atom is -0.254 e. The van der Waals surface area contributed by atoms with Gasteiger partial charge in [0.15, 0.2) is 0 Å². The molecule has 1 unspecified atom stereocenters. The van der Waals surface area contributed by atoms with Gasteiger partial charge in [-0.2, -0.15) is 0 Å². The molecule has 3 aromatic carbocycles. The van der Waals surface area contributed by atoms with Gasteiger partial charge in [-0.3, -0.25) is 9.97 Å². The number of fused-ring (bicyclic) bond motifs is 2. The second kappa shape index (κ2) is 6.50. The van der Waals surface area contributed by atoms with Crippen LogP contribution in [0.1, 0.15) is 77.0 Å². The van der Waals surface area contributed by atoms with Crippen molar-refractivity contribution in [2.24, 2.45) is 0 Å². The first-order valence-corrected chi connectivity index (χ1v) is 13.0. The molecule has 0 radical (unpaired) electrons. The third kappa shape index (κ3) is 2.51. The van der Waals surface area contributed by atoms with Crippen molar-refractivity contribution in [3.05, 3.63) is 71.2 Å². The van der Waals surface area contributed by atoms with Gasteiger partial charge in [0, 0.05) is 33.8 Å². The SMILES string of the molecule is C=C=c1c2c3ccnc2c2nccc4c5cccc6c5c(c1c42)C(C)(CCCC3(C)C)CC6(C)C. The van der Waals surface area contributed by atoms with Crippen molar-refractivity contribution in [2.45, 2.75) is 76.5 Å². The van der Waals surface area contributed by atoms with E-state index in [-0.39, 0.29) is 16.2 Å². The lowest BCUT2D eigenvalue weighted by atomic mass is 9.57. The Kier molecular flexibility index (Phi) is 3.92. The van der Waals surface area contributed by atoms with Crippen molar-refractivity contribution in [1.82, 2.24) is 9.97 Å². The lowest BCUT2D eigenvalue weighted by molar-refractivity contribution is 0.285. The maximum Gasteiger partial charge on any atom is 0.0980 e. The van der Waals surface area contributed by atoms with Crippen LogP contribution in [0.4, 0.5) is 0 Å². The van der Waals surface area contributed by atoms with E-state index in [0.29, 0.717) is 0 Å². The molecule has 2 aliphatic carbocycles. The van der Waals surface area contributed by atoms with Crippen molar-refractivity contribution < 1.29 is 0 Å². The first-order valence-electron chi connectivity index (χ1n) is 13.0. The quantitative estimate of drug-likeness (QED) is 0.176. The largest absolute Gasteiger partial charge is 0.254 e. The molecular weight excluding hydrogens is 424 g/mol. The molecule has 0 spiro atoms. The van der Waals surface area contributed by atoms with Crippen LogP contribution in [0.5, 0.6) is 0 Å². The van der Waals surface area contributed by atoms with E-state index in [0.717, 1.165) is 29.1 Å². The highest BCUT2D eigenvalue weighted by Crippen LogP contribution is 2.55. The summed E-state index contributed by atoms with van der Waals surface area (Å²) in [5, 5.41) is 8.94. The van der Waals surface area contributed by atoms with Gasteiger partial charge in [0.1, 0.15) is 0 Å². The van der Waals surface area contributed by atoms with Crippen LogP contribution in [0.25, 0.3) is 49.1 Å². The van der Waals surface area contributed by atoms with Gasteiger partial charge in [-0.15, -0.1) is 5.73 Å². The third-order valence-corrected chi connectivity index (χ3v) is 9.33. The average Bonchev–Trinajstić information content (AvgIpc) is 2.82. The number of benzene rings is 3. The maximum atomic E-state index is 4.99. The van der Waals surface area contributed by atoms with E-state index in [4.69, 9.17) is 9.97 Å². The Morgan fingerprint density at radius 2 is 1.43 bits per heavy atom. The highest BCUT2D eigenvalue weighted by atomic mass is 14.7. The van der Waals surface area contributed by atoms with Gasteiger partial charge in [0.2, 0.25) is 0 Å². The minimum absolute atomic E-state index is 0.0284. The summed E-state index contributed by atoms with van der Waals surface area (Å²) < 4.78 is 0. The summed E-state index contributed by atoms with van der Waals surface area (Å²) in [5.41, 5.74) is 9.97. The van der Waals surface area contributed by atoms with E-state index in [1.165, 1.54) is 61.8 Å². The van der Waals surface area contributed by atoms with Crippen LogP contribution in [-0.4, -0.2) is 9.97 Å². The molecule has 0 N–H and O–H groups in total. The normalized spacial score (nSPS) is 22.5. The fourth-order valence-corrected chi connectivity index (χ4v) is 8.02. The van der Waals surface area contributed by atoms with E-state index in [1.54, 1.807) is 0 Å². The zero-order valence-electron chi connectivity index (χ0n) is 21.5. The highest BCUT2D eigenvalue weighted by molar-refractivity contribution is 6.28. The Balaban J connectivity index is 1.94. The lowest BCUT2D eigenvalue weighted by Gasteiger charge is -2.46. The van der Waals surface area contributed by atoms with E-state index in [9.17, 15) is 0 Å². The molecule has 35 heavy (non-hydrogen) atoms. The molecule has 2 bridgehead atoms. The molecule has 2 heteroatoms. The van der Waals surface area contributed by atoms with Gasteiger partial charge in [0.05, 0.1) is 11.0 Å². The molecule has 2 nitrogen and oxygen atoms in total. The molecule has 5 aromatic rings. The van der Waals surface area contributed by atoms with Crippen molar-refractivity contribution in [2.75, 3.05) is 0 Å². The first kappa shape index (κ1) is 21.1. The fourth-order valence-electron chi connectivity index (χ4n) is 8.02. The first-order chi connectivity index (χ1) is 16.7. The number of nitrogens with zero attached hydrogens (tertiary/aromatic N) is 2. The molecule has 1 atom stereocenters. The summed E-state index contributed by atoms with van der Waals surface area (Å²) in [6.07, 6.45) is 8.60. The van der Waals surface area contributed by atoms with Crippen LogP contribution in [0.3, 0.4) is 0 Å². The lowest BCUT2D eigenvalue weighted by Crippen LogP contribution is -2.38. The number of aromatic nitrogens is 2. The Bertz CT molecular complexity index is 1820. The second-order valence-electron chi connectivity index (χ2n) is 12.6. The van der Waals surface area contributed by atoms with Gasteiger partial charge in [-0.25, -0.2) is 0 Å². The average molecular weight is 457 g/mol. The smallest absolute Gasteiger partial charge is 0.0980 e. The van der Waals surface area contributed by atoms with Crippen molar-refractivity contribution in [1.29, 1.82) is 0 Å². The topological polar surface area (TPSA) is 25.8 Å². The van der Waals surface area contributed by atoms with Crippen LogP contribution in [0.15, 0.2) is 49.3 Å². The molecule has 2 heterocycles. The number of rotatable bonds is 0. The summed E-state index contributed by atoms with van der Waals surface area (Å²) in [6, 6.07) is 11.4. The van der Waals surface area contributed by atoms with Crippen LogP contribution in [0.2, 0.25) is 0 Å². The van der Waals surface area contributed by atoms with Crippen molar-refractivity contribution in [3.63, 3.8) is 0 Å². The van der Waals surface area contributed by atoms with Crippen LogP contribution < -0.4 is 5.22 Å². The molecule has 0 saturated carbocycles. The van der Waals surface area contributed by atoms with Crippen molar-refractivity contribution >= 4 is 49.1 Å². The maximum absolute atomic E-state index is 4.99. The Hall–Kier alpha value is -3.22. The Morgan fingerprint density at radius 1 is 0.743 bits per heavy atom. The zero-order valence-corrected chi connectivity index (χ0v) is 21.5. The summed E-state index contributed by atoms with van der Waals surface area (Å²) in [7, 11) is 0. The summed E-state index contributed by atoms with van der Waals surface area (Å²) in [5.74, 6) is 0. The van der Waals surface area contributed by atoms with Crippen molar-refractivity contribution in [3.8, 4) is 0 Å². The number of pyridine rings is 2. The predicted octanol–water partition coefficient (Wildman–Crippen LogP) is 7.77. The van der Waals surface area contributed by atoms with E-state index >= 15 is 0 Å². The number of hydrogen-bond donors (Lipinski definition) is 0. The molecule has 0 saturated heterocycles. The van der Waals surface area contributed by atoms with Crippen LogP contribution in [0, 0.1) is 0 Å². The van der Waals surface area contributed by atoms with E-state index in [1.807, 2.05) is 12.4 Å². The summed E-state index contributed by atoms with van der Waals surface area (Å²) in [6.45, 7) is 16.4. The molecule has 2 aromatic heterocycles. The molecule has 0 amide bonds. The highest BCUT2D eigenvalue weighted by Gasteiger charge is 2.44.